The van der Waals surface area contributed by atoms with E-state index in [1.807, 2.05) is 33.0 Å². The normalized spacial score (nSPS) is 16.8. The average Bonchev–Trinajstić information content (AvgIpc) is 2.55. The Morgan fingerprint density at radius 3 is 2.20 bits per heavy atom. The number of anilines is 2. The summed E-state index contributed by atoms with van der Waals surface area (Å²) in [5.74, 6) is 0.627. The Morgan fingerprint density at radius 1 is 1.00 bits per heavy atom. The maximum absolute atomic E-state index is 12.7. The number of nitrogens with one attached hydrogen (secondary N) is 1. The summed E-state index contributed by atoms with van der Waals surface area (Å²) in [4.78, 5) is 6.65. The fourth-order valence-electron chi connectivity index (χ4n) is 2.98. The second-order valence-corrected chi connectivity index (χ2v) is 8.53. The lowest BCUT2D eigenvalue weighted by molar-refractivity contribution is 0.222. The van der Waals surface area contributed by atoms with Gasteiger partial charge in [-0.1, -0.05) is 6.07 Å². The van der Waals surface area contributed by atoms with Crippen LogP contribution < -0.4 is 5.32 Å². The summed E-state index contributed by atoms with van der Waals surface area (Å²) >= 11 is 0. The Labute approximate surface area is 149 Å². The molecule has 3 rings (SSSR count). The Morgan fingerprint density at radius 2 is 1.64 bits per heavy atom. The fraction of sp³-hybridized carbons (Fsp3) is 0.389. The molecule has 1 fully saturated rings. The lowest BCUT2D eigenvalue weighted by atomic mass is 10.1. The summed E-state index contributed by atoms with van der Waals surface area (Å²) in [6.07, 6.45) is 1.43. The standard InChI is InChI=1S/C18H24N4O2S/c1-14-10-15(2)12-16(11-14)20-18-5-4-17(13-19-18)25(23,24)22-8-6-21(3)7-9-22/h4-5,10-13H,6-9H2,1-3H3,(H,19,20). The van der Waals surface area contributed by atoms with E-state index in [0.29, 0.717) is 18.9 Å². The van der Waals surface area contributed by atoms with Gasteiger partial charge in [0.05, 0.1) is 0 Å². The maximum atomic E-state index is 12.7. The van der Waals surface area contributed by atoms with E-state index < -0.39 is 10.0 Å². The lowest BCUT2D eigenvalue weighted by Crippen LogP contribution is -2.47. The molecule has 0 bridgehead atoms. The molecule has 1 aromatic carbocycles. The van der Waals surface area contributed by atoms with Crippen molar-refractivity contribution in [1.82, 2.24) is 14.2 Å². The molecule has 1 aliphatic rings. The summed E-state index contributed by atoms with van der Waals surface area (Å²) in [5.41, 5.74) is 3.27. The van der Waals surface area contributed by atoms with Crippen molar-refractivity contribution in [3.63, 3.8) is 0 Å². The minimum atomic E-state index is -3.47. The highest BCUT2D eigenvalue weighted by atomic mass is 32.2. The minimum Gasteiger partial charge on any atom is -0.340 e. The molecule has 1 aliphatic heterocycles. The van der Waals surface area contributed by atoms with Gasteiger partial charge >= 0.3 is 0 Å². The highest BCUT2D eigenvalue weighted by molar-refractivity contribution is 7.89. The molecule has 134 valence electrons. The zero-order valence-electron chi connectivity index (χ0n) is 14.9. The van der Waals surface area contributed by atoms with E-state index in [1.165, 1.54) is 10.5 Å². The molecule has 1 saturated heterocycles. The van der Waals surface area contributed by atoms with Gasteiger partial charge < -0.3 is 10.2 Å². The predicted octanol–water partition coefficient (Wildman–Crippen LogP) is 2.38. The number of aryl methyl sites for hydroxylation is 2. The summed E-state index contributed by atoms with van der Waals surface area (Å²) < 4.78 is 26.9. The van der Waals surface area contributed by atoms with E-state index in [-0.39, 0.29) is 4.90 Å². The van der Waals surface area contributed by atoms with Gasteiger partial charge in [-0.25, -0.2) is 13.4 Å². The number of benzene rings is 1. The number of nitrogens with zero attached hydrogens (tertiary/aromatic N) is 3. The SMILES string of the molecule is Cc1cc(C)cc(Nc2ccc(S(=O)(=O)N3CCN(C)CC3)cn2)c1. The highest BCUT2D eigenvalue weighted by Gasteiger charge is 2.27. The zero-order chi connectivity index (χ0) is 18.0. The van der Waals surface area contributed by atoms with Crippen LogP contribution in [-0.2, 0) is 10.0 Å². The van der Waals surface area contributed by atoms with E-state index in [4.69, 9.17) is 0 Å². The van der Waals surface area contributed by atoms with Crippen LogP contribution in [0.3, 0.4) is 0 Å². The topological polar surface area (TPSA) is 65.5 Å². The number of piperazine rings is 1. The van der Waals surface area contributed by atoms with E-state index in [2.05, 4.69) is 21.3 Å². The van der Waals surface area contributed by atoms with Crippen molar-refractivity contribution in [2.45, 2.75) is 18.7 Å². The number of likely N-dealkylation sites (N-methyl/N-ethyl adjacent to an activating group) is 1. The molecule has 1 aromatic heterocycles. The Hall–Kier alpha value is -1.96. The van der Waals surface area contributed by atoms with Crippen LogP contribution in [0.4, 0.5) is 11.5 Å². The fourth-order valence-corrected chi connectivity index (χ4v) is 4.35. The number of hydrogen-bond donors (Lipinski definition) is 1. The third-order valence-electron chi connectivity index (χ3n) is 4.33. The first-order valence-electron chi connectivity index (χ1n) is 8.35. The largest absolute Gasteiger partial charge is 0.340 e. The average molecular weight is 360 g/mol. The third kappa shape index (κ3) is 4.18. The molecular weight excluding hydrogens is 336 g/mol. The van der Waals surface area contributed by atoms with Gasteiger partial charge in [0.1, 0.15) is 10.7 Å². The summed E-state index contributed by atoms with van der Waals surface area (Å²) in [6.45, 7) is 6.61. The molecule has 0 amide bonds. The second-order valence-electron chi connectivity index (χ2n) is 6.59. The number of hydrogen-bond acceptors (Lipinski definition) is 5. The van der Waals surface area contributed by atoms with Crippen molar-refractivity contribution in [1.29, 1.82) is 0 Å². The van der Waals surface area contributed by atoms with E-state index in [1.54, 1.807) is 12.1 Å². The van der Waals surface area contributed by atoms with Crippen LogP contribution in [0.15, 0.2) is 41.4 Å². The molecule has 25 heavy (non-hydrogen) atoms. The van der Waals surface area contributed by atoms with Gasteiger partial charge in [0.25, 0.3) is 0 Å². The van der Waals surface area contributed by atoms with Crippen LogP contribution >= 0.6 is 0 Å². The van der Waals surface area contributed by atoms with Gasteiger partial charge in [0, 0.05) is 38.1 Å². The van der Waals surface area contributed by atoms with Gasteiger partial charge in [0.15, 0.2) is 0 Å². The molecule has 0 radical (unpaired) electrons. The first kappa shape index (κ1) is 17.8. The molecule has 0 saturated carbocycles. The Balaban J connectivity index is 1.75. The van der Waals surface area contributed by atoms with Crippen molar-refractivity contribution in [3.8, 4) is 0 Å². The van der Waals surface area contributed by atoms with E-state index in [0.717, 1.165) is 29.9 Å². The molecule has 6 nitrogen and oxygen atoms in total. The van der Waals surface area contributed by atoms with Crippen LogP contribution in [0.25, 0.3) is 0 Å². The molecule has 2 aromatic rings. The Kier molecular flexibility index (Phi) is 5.08. The molecule has 0 spiro atoms. The monoisotopic (exact) mass is 360 g/mol. The smallest absolute Gasteiger partial charge is 0.244 e. The van der Waals surface area contributed by atoms with E-state index >= 15 is 0 Å². The highest BCUT2D eigenvalue weighted by Crippen LogP contribution is 2.21. The first-order valence-corrected chi connectivity index (χ1v) is 9.79. The molecule has 0 aliphatic carbocycles. The maximum Gasteiger partial charge on any atom is 0.244 e. The van der Waals surface area contributed by atoms with Gasteiger partial charge in [-0.05, 0) is 56.3 Å². The van der Waals surface area contributed by atoms with Gasteiger partial charge in [-0.3, -0.25) is 0 Å². The minimum absolute atomic E-state index is 0.239. The number of aromatic nitrogens is 1. The molecule has 0 unspecified atom stereocenters. The van der Waals surface area contributed by atoms with Crippen LogP contribution in [-0.4, -0.2) is 55.8 Å². The summed E-state index contributed by atoms with van der Waals surface area (Å²) in [7, 11) is -1.47. The number of sulfonamides is 1. The number of rotatable bonds is 4. The Bertz CT molecular complexity index is 822. The van der Waals surface area contributed by atoms with Gasteiger partial charge in [-0.15, -0.1) is 0 Å². The van der Waals surface area contributed by atoms with Crippen LogP contribution in [0.1, 0.15) is 11.1 Å². The van der Waals surface area contributed by atoms with Gasteiger partial charge in [0.2, 0.25) is 10.0 Å². The van der Waals surface area contributed by atoms with Crippen molar-refractivity contribution in [2.24, 2.45) is 0 Å². The van der Waals surface area contributed by atoms with Crippen LogP contribution in [0.5, 0.6) is 0 Å². The van der Waals surface area contributed by atoms with Crippen LogP contribution in [0.2, 0.25) is 0 Å². The third-order valence-corrected chi connectivity index (χ3v) is 6.21. The van der Waals surface area contributed by atoms with Crippen LogP contribution in [0, 0.1) is 13.8 Å². The summed E-state index contributed by atoms with van der Waals surface area (Å²) in [5, 5.41) is 3.22. The molecule has 0 atom stereocenters. The summed E-state index contributed by atoms with van der Waals surface area (Å²) in [6, 6.07) is 9.49. The first-order chi connectivity index (χ1) is 11.8. The van der Waals surface area contributed by atoms with Crippen molar-refractivity contribution in [2.75, 3.05) is 38.5 Å². The van der Waals surface area contributed by atoms with Crippen molar-refractivity contribution in [3.05, 3.63) is 47.7 Å². The zero-order valence-corrected chi connectivity index (χ0v) is 15.7. The molecule has 1 N–H and O–H groups in total. The molecule has 2 heterocycles. The van der Waals surface area contributed by atoms with Crippen molar-refractivity contribution < 1.29 is 8.42 Å². The van der Waals surface area contributed by atoms with E-state index in [9.17, 15) is 8.42 Å². The van der Waals surface area contributed by atoms with Crippen molar-refractivity contribution >= 4 is 21.5 Å². The molecular formula is C18H24N4O2S. The predicted molar refractivity (Wildman–Crippen MR) is 99.7 cm³/mol. The molecule has 7 heteroatoms. The lowest BCUT2D eigenvalue weighted by Gasteiger charge is -2.31. The quantitative estimate of drug-likeness (QED) is 0.907. The second kappa shape index (κ2) is 7.11. The van der Waals surface area contributed by atoms with Gasteiger partial charge in [-0.2, -0.15) is 4.31 Å². The number of pyridine rings is 1.